The van der Waals surface area contributed by atoms with Gasteiger partial charge in [-0.3, -0.25) is 0 Å². The second-order valence-corrected chi connectivity index (χ2v) is 6.56. The number of halogens is 1. The molecule has 120 valence electrons. The molecule has 1 aliphatic heterocycles. The highest BCUT2D eigenvalue weighted by Crippen LogP contribution is 2.25. The van der Waals surface area contributed by atoms with E-state index in [1.165, 1.54) is 18.6 Å². The average molecular weight is 423 g/mol. The number of aliphatic imine (C=N–C) groups is 1. The molecule has 0 radical (unpaired) electrons. The molecule has 0 aromatic carbocycles. The predicted molar refractivity (Wildman–Crippen MR) is 102 cm³/mol. The number of nitrogens with zero attached hydrogens (tertiary/aromatic N) is 1. The Morgan fingerprint density at radius 1 is 1.43 bits per heavy atom. The number of aryl methyl sites for hydroxylation is 2. The van der Waals surface area contributed by atoms with Gasteiger partial charge < -0.3 is 15.1 Å². The van der Waals surface area contributed by atoms with Gasteiger partial charge in [-0.15, -0.1) is 24.0 Å². The number of thioether (sulfide) groups is 1. The zero-order valence-electron chi connectivity index (χ0n) is 13.1. The van der Waals surface area contributed by atoms with Crippen molar-refractivity contribution in [2.75, 3.05) is 18.8 Å². The lowest BCUT2D eigenvalue weighted by molar-refractivity contribution is 0.501. The molecule has 2 heterocycles. The minimum Gasteiger partial charge on any atom is -0.466 e. The van der Waals surface area contributed by atoms with Gasteiger partial charge in [0.2, 0.25) is 0 Å². The van der Waals surface area contributed by atoms with Crippen molar-refractivity contribution in [3.05, 3.63) is 23.2 Å². The van der Waals surface area contributed by atoms with Crippen LogP contribution < -0.4 is 10.6 Å². The van der Waals surface area contributed by atoms with Crippen LogP contribution in [0.2, 0.25) is 0 Å². The fourth-order valence-corrected chi connectivity index (χ4v) is 3.56. The van der Waals surface area contributed by atoms with Crippen LogP contribution in [0.1, 0.15) is 36.8 Å². The Bertz CT molecular complexity index is 456. The van der Waals surface area contributed by atoms with Crippen molar-refractivity contribution < 1.29 is 4.42 Å². The van der Waals surface area contributed by atoms with E-state index in [1.54, 1.807) is 0 Å². The topological polar surface area (TPSA) is 49.6 Å². The smallest absolute Gasteiger partial charge is 0.191 e. The van der Waals surface area contributed by atoms with Gasteiger partial charge in [-0.2, -0.15) is 11.8 Å². The van der Waals surface area contributed by atoms with Crippen LogP contribution in [0, 0.1) is 13.8 Å². The summed E-state index contributed by atoms with van der Waals surface area (Å²) >= 11 is 2.06. The SMILES string of the molecule is CCNC(=NCc1cc(C)oc1C)NCC1CCCS1.I. The average Bonchev–Trinajstić information content (AvgIpc) is 3.03. The lowest BCUT2D eigenvalue weighted by Gasteiger charge is -2.14. The third-order valence-corrected chi connectivity index (χ3v) is 4.81. The molecular weight excluding hydrogens is 397 g/mol. The highest BCUT2D eigenvalue weighted by molar-refractivity contribution is 14.0. The van der Waals surface area contributed by atoms with Gasteiger partial charge in [0.25, 0.3) is 0 Å². The van der Waals surface area contributed by atoms with Crippen LogP contribution >= 0.6 is 35.7 Å². The maximum Gasteiger partial charge on any atom is 0.191 e. The van der Waals surface area contributed by atoms with Gasteiger partial charge in [0, 0.05) is 23.9 Å². The molecule has 6 heteroatoms. The van der Waals surface area contributed by atoms with Crippen LogP contribution in [0.4, 0.5) is 0 Å². The molecule has 1 atom stereocenters. The number of hydrogen-bond acceptors (Lipinski definition) is 3. The van der Waals surface area contributed by atoms with E-state index in [1.807, 2.05) is 13.8 Å². The van der Waals surface area contributed by atoms with Crippen LogP contribution in [-0.2, 0) is 6.54 Å². The summed E-state index contributed by atoms with van der Waals surface area (Å²) in [5.74, 6) is 4.12. The normalized spacial score (nSPS) is 18.4. The lowest BCUT2D eigenvalue weighted by atomic mass is 10.2. The first-order chi connectivity index (χ1) is 9.69. The van der Waals surface area contributed by atoms with Gasteiger partial charge >= 0.3 is 0 Å². The van der Waals surface area contributed by atoms with Crippen molar-refractivity contribution in [2.45, 2.75) is 45.4 Å². The molecule has 0 aliphatic carbocycles. The Kier molecular flexibility index (Phi) is 8.55. The fraction of sp³-hybridized carbons (Fsp3) is 0.667. The summed E-state index contributed by atoms with van der Waals surface area (Å²) in [6.45, 7) is 8.60. The number of rotatable bonds is 5. The highest BCUT2D eigenvalue weighted by Gasteiger charge is 2.15. The second kappa shape index (κ2) is 9.61. The van der Waals surface area contributed by atoms with E-state index in [0.717, 1.165) is 41.4 Å². The molecule has 0 spiro atoms. The van der Waals surface area contributed by atoms with Crippen LogP contribution in [0.5, 0.6) is 0 Å². The Labute approximate surface area is 148 Å². The Balaban J connectivity index is 0.00000220. The van der Waals surface area contributed by atoms with E-state index in [2.05, 4.69) is 40.4 Å². The van der Waals surface area contributed by atoms with Crippen LogP contribution in [0.15, 0.2) is 15.5 Å². The quantitative estimate of drug-likeness (QED) is 0.433. The molecule has 1 aromatic heterocycles. The zero-order valence-corrected chi connectivity index (χ0v) is 16.2. The van der Waals surface area contributed by atoms with Gasteiger partial charge in [0.1, 0.15) is 11.5 Å². The lowest BCUT2D eigenvalue weighted by Crippen LogP contribution is -2.40. The Hall–Kier alpha value is -0.370. The first kappa shape index (κ1) is 18.7. The molecule has 1 unspecified atom stereocenters. The molecule has 1 saturated heterocycles. The molecule has 0 amide bonds. The summed E-state index contributed by atoms with van der Waals surface area (Å²) in [5.41, 5.74) is 1.16. The minimum atomic E-state index is 0. The van der Waals surface area contributed by atoms with Gasteiger partial charge in [-0.25, -0.2) is 4.99 Å². The summed E-state index contributed by atoms with van der Waals surface area (Å²) in [7, 11) is 0. The molecule has 1 aromatic rings. The van der Waals surface area contributed by atoms with Crippen molar-refractivity contribution in [3.63, 3.8) is 0 Å². The van der Waals surface area contributed by atoms with E-state index >= 15 is 0 Å². The summed E-state index contributed by atoms with van der Waals surface area (Å²) in [6, 6.07) is 2.06. The summed E-state index contributed by atoms with van der Waals surface area (Å²) in [6.07, 6.45) is 2.66. The van der Waals surface area contributed by atoms with Crippen molar-refractivity contribution >= 4 is 41.7 Å². The first-order valence-electron chi connectivity index (χ1n) is 7.38. The minimum absolute atomic E-state index is 0. The van der Waals surface area contributed by atoms with Crippen LogP contribution in [0.25, 0.3) is 0 Å². The molecule has 4 nitrogen and oxygen atoms in total. The molecule has 2 N–H and O–H groups in total. The number of hydrogen-bond donors (Lipinski definition) is 2. The van der Waals surface area contributed by atoms with Crippen molar-refractivity contribution in [1.29, 1.82) is 0 Å². The summed E-state index contributed by atoms with van der Waals surface area (Å²) in [5, 5.41) is 7.48. The van der Waals surface area contributed by atoms with E-state index in [-0.39, 0.29) is 24.0 Å². The number of furan rings is 1. The van der Waals surface area contributed by atoms with Gasteiger partial charge in [-0.05, 0) is 45.4 Å². The van der Waals surface area contributed by atoms with Gasteiger partial charge in [-0.1, -0.05) is 0 Å². The highest BCUT2D eigenvalue weighted by atomic mass is 127. The third kappa shape index (κ3) is 6.10. The Morgan fingerprint density at radius 3 is 2.81 bits per heavy atom. The maximum absolute atomic E-state index is 5.53. The number of guanidine groups is 1. The van der Waals surface area contributed by atoms with Crippen LogP contribution in [0.3, 0.4) is 0 Å². The largest absolute Gasteiger partial charge is 0.466 e. The van der Waals surface area contributed by atoms with E-state index in [9.17, 15) is 0 Å². The zero-order chi connectivity index (χ0) is 14.4. The van der Waals surface area contributed by atoms with Crippen molar-refractivity contribution in [1.82, 2.24) is 10.6 Å². The maximum atomic E-state index is 5.53. The molecule has 0 saturated carbocycles. The molecule has 0 bridgehead atoms. The van der Waals surface area contributed by atoms with E-state index in [0.29, 0.717) is 6.54 Å². The van der Waals surface area contributed by atoms with E-state index < -0.39 is 0 Å². The Morgan fingerprint density at radius 2 is 2.24 bits per heavy atom. The van der Waals surface area contributed by atoms with Crippen molar-refractivity contribution in [3.8, 4) is 0 Å². The monoisotopic (exact) mass is 423 g/mol. The summed E-state index contributed by atoms with van der Waals surface area (Å²) < 4.78 is 5.53. The summed E-state index contributed by atoms with van der Waals surface area (Å²) in [4.78, 5) is 4.64. The third-order valence-electron chi connectivity index (χ3n) is 3.42. The molecular formula is C15H26IN3OS. The molecule has 1 aliphatic rings. The van der Waals surface area contributed by atoms with Gasteiger partial charge in [0.15, 0.2) is 5.96 Å². The van der Waals surface area contributed by atoms with Crippen LogP contribution in [-0.4, -0.2) is 30.1 Å². The van der Waals surface area contributed by atoms with E-state index in [4.69, 9.17) is 4.42 Å². The molecule has 2 rings (SSSR count). The standard InChI is InChI=1S/C15H25N3OS.HI/c1-4-16-15(18-10-14-6-5-7-20-14)17-9-13-8-11(2)19-12(13)3;/h8,14H,4-7,9-10H2,1-3H3,(H2,16,17,18);1H. The number of nitrogens with one attached hydrogen (secondary N) is 2. The predicted octanol–water partition coefficient (Wildman–Crippen LogP) is 3.47. The van der Waals surface area contributed by atoms with Gasteiger partial charge in [0.05, 0.1) is 6.54 Å². The molecule has 21 heavy (non-hydrogen) atoms. The molecule has 1 fully saturated rings. The van der Waals surface area contributed by atoms with Crippen molar-refractivity contribution in [2.24, 2.45) is 4.99 Å². The second-order valence-electron chi connectivity index (χ2n) is 5.15. The first-order valence-corrected chi connectivity index (χ1v) is 8.43. The fourth-order valence-electron chi connectivity index (χ4n) is 2.36.